The maximum atomic E-state index is 10.4. The first-order chi connectivity index (χ1) is 4.89. The molecule has 5 nitrogen and oxygen atoms in total. The molecule has 0 aromatic heterocycles. The van der Waals surface area contributed by atoms with Crippen molar-refractivity contribution in [2.24, 2.45) is 5.73 Å². The van der Waals surface area contributed by atoms with Crippen LogP contribution in [0.15, 0.2) is 24.0 Å². The van der Waals surface area contributed by atoms with Gasteiger partial charge in [0.05, 0.1) is 0 Å². The zero-order valence-electron chi connectivity index (χ0n) is 5.60. The lowest BCUT2D eigenvalue weighted by molar-refractivity contribution is -0.114. The van der Waals surface area contributed by atoms with Crippen LogP contribution < -0.4 is 5.73 Å². The molecule has 0 radical (unpaired) electrons. The van der Waals surface area contributed by atoms with Crippen molar-refractivity contribution in [1.82, 2.24) is 0 Å². The smallest absolute Gasteiger partial charge is 0.361 e. The monoisotopic (exact) mass is 177 g/mol. The minimum Gasteiger partial charge on any atom is -0.365 e. The molecule has 0 bridgehead atoms. The van der Waals surface area contributed by atoms with E-state index in [1.54, 1.807) is 0 Å². The first kappa shape index (κ1) is 10.1. The van der Waals surface area contributed by atoms with Gasteiger partial charge < -0.3 is 15.5 Å². The molecule has 1 amide bonds. The number of hydrogen-bond donors (Lipinski definition) is 3. The average Bonchev–Trinajstić information content (AvgIpc) is 1.79. The third-order valence-electron chi connectivity index (χ3n) is 0.842. The summed E-state index contributed by atoms with van der Waals surface area (Å²) in [7, 11) is -4.53. The van der Waals surface area contributed by atoms with Gasteiger partial charge >= 0.3 is 7.60 Å². The fourth-order valence-corrected chi connectivity index (χ4v) is 1.02. The van der Waals surface area contributed by atoms with Gasteiger partial charge in [-0.15, -0.1) is 0 Å². The maximum absolute atomic E-state index is 10.4. The van der Waals surface area contributed by atoms with Crippen molar-refractivity contribution < 1.29 is 19.1 Å². The molecule has 4 N–H and O–H groups in total. The molecule has 0 unspecified atom stereocenters. The van der Waals surface area contributed by atoms with Crippen LogP contribution in [0.25, 0.3) is 0 Å². The van der Waals surface area contributed by atoms with E-state index < -0.39 is 18.8 Å². The second kappa shape index (κ2) is 3.48. The minimum atomic E-state index is -4.53. The van der Waals surface area contributed by atoms with Gasteiger partial charge in [-0.3, -0.25) is 9.36 Å². The van der Waals surface area contributed by atoms with Crippen LogP contribution in [-0.2, 0) is 9.36 Å². The fourth-order valence-electron chi connectivity index (χ4n) is 0.434. The molecule has 0 aliphatic heterocycles. The summed E-state index contributed by atoms with van der Waals surface area (Å²) in [6.45, 7) is 3.17. The topological polar surface area (TPSA) is 101 Å². The Hall–Kier alpha value is -0.900. The lowest BCUT2D eigenvalue weighted by atomic mass is 10.5. The van der Waals surface area contributed by atoms with Gasteiger partial charge in [-0.25, -0.2) is 0 Å². The van der Waals surface area contributed by atoms with Gasteiger partial charge in [0.25, 0.3) is 5.91 Å². The molecule has 0 saturated heterocycles. The molecule has 0 heterocycles. The zero-order chi connectivity index (χ0) is 9.07. The van der Waals surface area contributed by atoms with Crippen LogP contribution in [0.2, 0.25) is 0 Å². The quantitative estimate of drug-likeness (QED) is 0.313. The van der Waals surface area contributed by atoms with Gasteiger partial charge in [0.1, 0.15) is 5.31 Å². The third-order valence-corrected chi connectivity index (χ3v) is 1.84. The van der Waals surface area contributed by atoms with E-state index in [9.17, 15) is 9.36 Å². The summed E-state index contributed by atoms with van der Waals surface area (Å²) in [5, 5.41) is -0.729. The van der Waals surface area contributed by atoms with Crippen molar-refractivity contribution in [3.8, 4) is 0 Å². The van der Waals surface area contributed by atoms with Crippen molar-refractivity contribution in [3.63, 3.8) is 0 Å². The highest BCUT2D eigenvalue weighted by Gasteiger charge is 2.24. The van der Waals surface area contributed by atoms with Gasteiger partial charge in [0.15, 0.2) is 0 Å². The molecule has 0 fully saturated rings. The number of primary amides is 1. The van der Waals surface area contributed by atoms with Crippen molar-refractivity contribution in [2.45, 2.75) is 0 Å². The predicted molar refractivity (Wildman–Crippen MR) is 39.5 cm³/mol. The highest BCUT2D eigenvalue weighted by Crippen LogP contribution is 2.44. The van der Waals surface area contributed by atoms with Crippen molar-refractivity contribution in [2.75, 3.05) is 0 Å². The fraction of sp³-hybridized carbons (Fsp3) is 0. The average molecular weight is 177 g/mol. The van der Waals surface area contributed by atoms with E-state index in [2.05, 4.69) is 12.3 Å². The first-order valence-corrected chi connectivity index (χ1v) is 4.19. The molecular formula is C5H8NO4P. The second-order valence-corrected chi connectivity index (χ2v) is 3.27. The van der Waals surface area contributed by atoms with Crippen LogP contribution in [0.4, 0.5) is 0 Å². The molecule has 0 saturated carbocycles. The van der Waals surface area contributed by atoms with Crippen LogP contribution in [0.3, 0.4) is 0 Å². The SMILES string of the molecule is C=C/C=C(\C(N)=O)P(=O)(O)O. The normalized spacial score (nSPS) is 12.7. The molecule has 0 aromatic rings. The Morgan fingerprint density at radius 2 is 2.00 bits per heavy atom. The molecule has 6 heteroatoms. The lowest BCUT2D eigenvalue weighted by Gasteiger charge is -2.02. The number of carbonyl (C=O) groups excluding carboxylic acids is 1. The Balaban J connectivity index is 4.93. The van der Waals surface area contributed by atoms with Crippen molar-refractivity contribution in [1.29, 1.82) is 0 Å². The summed E-state index contributed by atoms with van der Waals surface area (Å²) in [6.07, 6.45) is 1.97. The van der Waals surface area contributed by atoms with E-state index in [4.69, 9.17) is 9.79 Å². The van der Waals surface area contributed by atoms with Crippen molar-refractivity contribution in [3.05, 3.63) is 24.0 Å². The minimum absolute atomic E-state index is 0.729. The summed E-state index contributed by atoms with van der Waals surface area (Å²) in [4.78, 5) is 27.3. The highest BCUT2D eigenvalue weighted by atomic mass is 31.2. The summed E-state index contributed by atoms with van der Waals surface area (Å²) < 4.78 is 10.4. The van der Waals surface area contributed by atoms with Crippen LogP contribution in [0.1, 0.15) is 0 Å². The third kappa shape index (κ3) is 3.13. The van der Waals surface area contributed by atoms with Gasteiger partial charge in [-0.2, -0.15) is 0 Å². The van der Waals surface area contributed by atoms with Gasteiger partial charge in [-0.05, 0) is 6.08 Å². The molecule has 0 aliphatic carbocycles. The van der Waals surface area contributed by atoms with Gasteiger partial charge in [0.2, 0.25) is 0 Å². The zero-order valence-corrected chi connectivity index (χ0v) is 6.49. The lowest BCUT2D eigenvalue weighted by Crippen LogP contribution is -2.13. The number of carbonyl (C=O) groups is 1. The van der Waals surface area contributed by atoms with E-state index in [-0.39, 0.29) is 0 Å². The Kier molecular flexibility index (Phi) is 3.19. The van der Waals surface area contributed by atoms with Crippen LogP contribution in [0, 0.1) is 0 Å². The molecule has 0 aliphatic rings. The predicted octanol–water partition coefficient (Wildman–Crippen LogP) is -0.281. The van der Waals surface area contributed by atoms with Crippen LogP contribution in [0.5, 0.6) is 0 Å². The van der Waals surface area contributed by atoms with E-state index in [1.165, 1.54) is 0 Å². The largest absolute Gasteiger partial charge is 0.365 e. The number of hydrogen-bond acceptors (Lipinski definition) is 2. The van der Waals surface area contributed by atoms with E-state index in [0.29, 0.717) is 0 Å². The number of nitrogens with two attached hydrogens (primary N) is 1. The van der Waals surface area contributed by atoms with Crippen LogP contribution >= 0.6 is 7.60 Å². The summed E-state index contributed by atoms with van der Waals surface area (Å²) in [5.41, 5.74) is 4.66. The standard InChI is InChI=1S/C5H8NO4P/c1-2-3-4(5(6)7)11(8,9)10/h2-3H,1H2,(H2,6,7)(H2,8,9,10)/b4-3+. The molecule has 11 heavy (non-hydrogen) atoms. The number of amides is 1. The molecule has 0 atom stereocenters. The summed E-state index contributed by atoms with van der Waals surface area (Å²) >= 11 is 0. The Labute approximate surface area is 63.4 Å². The Morgan fingerprint density at radius 3 is 2.09 bits per heavy atom. The molecule has 0 rings (SSSR count). The second-order valence-electron chi connectivity index (χ2n) is 1.70. The number of allylic oxidation sites excluding steroid dienone is 2. The van der Waals surface area contributed by atoms with E-state index in [0.717, 1.165) is 12.2 Å². The Morgan fingerprint density at radius 1 is 1.55 bits per heavy atom. The maximum Gasteiger partial charge on any atom is 0.361 e. The molecule has 0 spiro atoms. The van der Waals surface area contributed by atoms with Crippen LogP contribution in [-0.4, -0.2) is 15.7 Å². The molecule has 62 valence electrons. The van der Waals surface area contributed by atoms with E-state index in [1.807, 2.05) is 0 Å². The summed E-state index contributed by atoms with van der Waals surface area (Å²) in [6, 6.07) is 0. The highest BCUT2D eigenvalue weighted by molar-refractivity contribution is 7.58. The molecular weight excluding hydrogens is 169 g/mol. The Bertz CT molecular complexity index is 251. The number of rotatable bonds is 3. The van der Waals surface area contributed by atoms with E-state index >= 15 is 0 Å². The molecule has 0 aromatic carbocycles. The van der Waals surface area contributed by atoms with Gasteiger partial charge in [-0.1, -0.05) is 12.7 Å². The van der Waals surface area contributed by atoms with Gasteiger partial charge in [0, 0.05) is 0 Å². The summed E-state index contributed by atoms with van der Waals surface area (Å²) in [5.74, 6) is -1.14. The van der Waals surface area contributed by atoms with Crippen molar-refractivity contribution >= 4 is 13.5 Å². The first-order valence-electron chi connectivity index (χ1n) is 2.58.